The van der Waals surface area contributed by atoms with Crippen LogP contribution < -0.4 is 4.74 Å². The van der Waals surface area contributed by atoms with E-state index < -0.39 is 17.7 Å². The maximum atomic E-state index is 12.6. The Hall–Kier alpha value is -2.08. The SMILES string of the molecule is CCC(Oc1cccc(C)c1)C(=O)N1CCC(O)(C(=O)O)CC1. The smallest absolute Gasteiger partial charge is 0.335 e. The Labute approximate surface area is 135 Å². The maximum absolute atomic E-state index is 12.6. The fourth-order valence-corrected chi connectivity index (χ4v) is 2.68. The summed E-state index contributed by atoms with van der Waals surface area (Å²) in [6, 6.07) is 7.50. The number of carbonyl (C=O) groups is 2. The first kappa shape index (κ1) is 17.3. The van der Waals surface area contributed by atoms with Crippen molar-refractivity contribution < 1.29 is 24.5 Å². The molecule has 0 bridgehead atoms. The molecule has 1 aromatic carbocycles. The Bertz CT molecular complexity index is 578. The topological polar surface area (TPSA) is 87.1 Å². The molecule has 0 saturated carbocycles. The molecule has 23 heavy (non-hydrogen) atoms. The molecule has 1 atom stereocenters. The number of ether oxygens (including phenoxy) is 1. The van der Waals surface area contributed by atoms with Gasteiger partial charge in [-0.1, -0.05) is 19.1 Å². The number of hydrogen-bond acceptors (Lipinski definition) is 4. The van der Waals surface area contributed by atoms with E-state index in [-0.39, 0.29) is 31.8 Å². The lowest BCUT2D eigenvalue weighted by Crippen LogP contribution is -2.53. The number of benzene rings is 1. The molecule has 1 aliphatic rings. The van der Waals surface area contributed by atoms with E-state index in [1.807, 2.05) is 38.1 Å². The van der Waals surface area contributed by atoms with Crippen molar-refractivity contribution in [1.82, 2.24) is 4.90 Å². The van der Waals surface area contributed by atoms with E-state index in [1.165, 1.54) is 0 Å². The quantitative estimate of drug-likeness (QED) is 0.860. The van der Waals surface area contributed by atoms with Crippen LogP contribution in [0.1, 0.15) is 31.7 Å². The molecule has 0 aliphatic carbocycles. The zero-order chi connectivity index (χ0) is 17.0. The first-order chi connectivity index (χ1) is 10.9. The van der Waals surface area contributed by atoms with Gasteiger partial charge >= 0.3 is 5.97 Å². The predicted octanol–water partition coefficient (Wildman–Crippen LogP) is 1.59. The van der Waals surface area contributed by atoms with E-state index in [1.54, 1.807) is 4.90 Å². The molecule has 0 spiro atoms. The number of amides is 1. The van der Waals surface area contributed by atoms with Gasteiger partial charge in [0.1, 0.15) is 5.75 Å². The second kappa shape index (κ2) is 7.00. The lowest BCUT2D eigenvalue weighted by atomic mass is 9.91. The summed E-state index contributed by atoms with van der Waals surface area (Å²) in [5.74, 6) is -0.752. The zero-order valence-corrected chi connectivity index (χ0v) is 13.5. The lowest BCUT2D eigenvalue weighted by Gasteiger charge is -2.36. The van der Waals surface area contributed by atoms with Crippen LogP contribution in [0.3, 0.4) is 0 Å². The number of likely N-dealkylation sites (tertiary alicyclic amines) is 1. The highest BCUT2D eigenvalue weighted by molar-refractivity contribution is 5.82. The highest BCUT2D eigenvalue weighted by Crippen LogP contribution is 2.24. The van der Waals surface area contributed by atoms with E-state index in [9.17, 15) is 14.7 Å². The van der Waals surface area contributed by atoms with E-state index in [4.69, 9.17) is 9.84 Å². The summed E-state index contributed by atoms with van der Waals surface area (Å²) < 4.78 is 5.79. The molecule has 2 rings (SSSR count). The first-order valence-electron chi connectivity index (χ1n) is 7.83. The molecular formula is C17H23NO5. The molecule has 6 heteroatoms. The van der Waals surface area contributed by atoms with Gasteiger partial charge in [0.2, 0.25) is 0 Å². The van der Waals surface area contributed by atoms with Crippen LogP contribution >= 0.6 is 0 Å². The van der Waals surface area contributed by atoms with Crippen LogP contribution in [0, 0.1) is 6.92 Å². The summed E-state index contributed by atoms with van der Waals surface area (Å²) in [6.45, 7) is 4.26. The van der Waals surface area contributed by atoms with Crippen molar-refractivity contribution in [1.29, 1.82) is 0 Å². The van der Waals surface area contributed by atoms with Crippen molar-refractivity contribution >= 4 is 11.9 Å². The summed E-state index contributed by atoms with van der Waals surface area (Å²) in [5.41, 5.74) is -0.676. The highest BCUT2D eigenvalue weighted by atomic mass is 16.5. The zero-order valence-electron chi connectivity index (χ0n) is 13.5. The molecule has 6 nitrogen and oxygen atoms in total. The van der Waals surface area contributed by atoms with E-state index in [0.717, 1.165) is 5.56 Å². The largest absolute Gasteiger partial charge is 0.481 e. The van der Waals surface area contributed by atoms with Crippen molar-refractivity contribution in [3.05, 3.63) is 29.8 Å². The second-order valence-corrected chi connectivity index (χ2v) is 5.99. The fraction of sp³-hybridized carbons (Fsp3) is 0.529. The van der Waals surface area contributed by atoms with Crippen molar-refractivity contribution in [2.75, 3.05) is 13.1 Å². The van der Waals surface area contributed by atoms with E-state index in [2.05, 4.69) is 0 Å². The van der Waals surface area contributed by atoms with Crippen LogP contribution in [0.25, 0.3) is 0 Å². The molecule has 1 aromatic rings. The number of piperidine rings is 1. The van der Waals surface area contributed by atoms with Crippen LogP contribution in [0.5, 0.6) is 5.75 Å². The second-order valence-electron chi connectivity index (χ2n) is 5.99. The first-order valence-corrected chi connectivity index (χ1v) is 7.83. The van der Waals surface area contributed by atoms with Crippen molar-refractivity contribution in [3.8, 4) is 5.75 Å². The summed E-state index contributed by atoms with van der Waals surface area (Å²) in [4.78, 5) is 25.2. The molecule has 1 fully saturated rings. The summed E-state index contributed by atoms with van der Waals surface area (Å²) in [5, 5.41) is 19.0. The number of nitrogens with zero attached hydrogens (tertiary/aromatic N) is 1. The number of hydrogen-bond donors (Lipinski definition) is 2. The van der Waals surface area contributed by atoms with Gasteiger partial charge in [0, 0.05) is 25.9 Å². The van der Waals surface area contributed by atoms with Crippen LogP contribution in [0.4, 0.5) is 0 Å². The maximum Gasteiger partial charge on any atom is 0.335 e. The third-order valence-electron chi connectivity index (χ3n) is 4.21. The van der Waals surface area contributed by atoms with Gasteiger partial charge < -0.3 is 19.8 Å². The van der Waals surface area contributed by atoms with Gasteiger partial charge in [-0.15, -0.1) is 0 Å². The summed E-state index contributed by atoms with van der Waals surface area (Å²) in [6.07, 6.45) is -0.0102. The van der Waals surface area contributed by atoms with Gasteiger partial charge in [-0.3, -0.25) is 4.79 Å². The molecule has 1 unspecified atom stereocenters. The minimum Gasteiger partial charge on any atom is -0.481 e. The number of aliphatic carboxylic acids is 1. The lowest BCUT2D eigenvalue weighted by molar-refractivity contribution is -0.166. The molecular weight excluding hydrogens is 298 g/mol. The molecule has 1 amide bonds. The third kappa shape index (κ3) is 4.01. The van der Waals surface area contributed by atoms with Crippen molar-refractivity contribution in [3.63, 3.8) is 0 Å². The molecule has 0 radical (unpaired) electrons. The summed E-state index contributed by atoms with van der Waals surface area (Å²) >= 11 is 0. The standard InChI is InChI=1S/C17H23NO5/c1-3-14(23-13-6-4-5-12(2)11-13)15(19)18-9-7-17(22,8-10-18)16(20)21/h4-6,11,14,22H,3,7-10H2,1-2H3,(H,20,21). The molecule has 1 saturated heterocycles. The Morgan fingerprint density at radius 2 is 2.00 bits per heavy atom. The Morgan fingerprint density at radius 3 is 2.52 bits per heavy atom. The van der Waals surface area contributed by atoms with Crippen LogP contribution in [0.2, 0.25) is 0 Å². The predicted molar refractivity (Wildman–Crippen MR) is 84.3 cm³/mol. The number of carboxylic acid groups (broad SMARTS) is 1. The fourth-order valence-electron chi connectivity index (χ4n) is 2.68. The van der Waals surface area contributed by atoms with Gasteiger partial charge in [-0.05, 0) is 31.0 Å². The normalized spacial score (nSPS) is 18.3. The number of aryl methyl sites for hydroxylation is 1. The summed E-state index contributed by atoms with van der Waals surface area (Å²) in [7, 11) is 0. The number of carbonyl (C=O) groups excluding carboxylic acids is 1. The highest BCUT2D eigenvalue weighted by Gasteiger charge is 2.41. The Kier molecular flexibility index (Phi) is 5.26. The number of rotatable bonds is 5. The molecule has 1 heterocycles. The molecule has 126 valence electrons. The number of aliphatic hydroxyl groups is 1. The van der Waals surface area contributed by atoms with Gasteiger partial charge in [0.05, 0.1) is 0 Å². The van der Waals surface area contributed by atoms with Crippen LogP contribution in [-0.4, -0.2) is 51.8 Å². The average molecular weight is 321 g/mol. The van der Waals surface area contributed by atoms with E-state index >= 15 is 0 Å². The van der Waals surface area contributed by atoms with E-state index in [0.29, 0.717) is 12.2 Å². The molecule has 1 aliphatic heterocycles. The van der Waals surface area contributed by atoms with Gasteiger partial charge in [0.15, 0.2) is 11.7 Å². The average Bonchev–Trinajstić information content (AvgIpc) is 2.52. The van der Waals surface area contributed by atoms with Crippen molar-refractivity contribution in [2.24, 2.45) is 0 Å². The number of carboxylic acids is 1. The van der Waals surface area contributed by atoms with Crippen molar-refractivity contribution in [2.45, 2.75) is 44.8 Å². The minimum atomic E-state index is -1.73. The van der Waals surface area contributed by atoms with Crippen LogP contribution in [-0.2, 0) is 9.59 Å². The minimum absolute atomic E-state index is 0.0367. The van der Waals surface area contributed by atoms with Gasteiger partial charge in [-0.25, -0.2) is 4.79 Å². The molecule has 2 N–H and O–H groups in total. The monoisotopic (exact) mass is 321 g/mol. The van der Waals surface area contributed by atoms with Crippen LogP contribution in [0.15, 0.2) is 24.3 Å². The molecule has 0 aromatic heterocycles. The van der Waals surface area contributed by atoms with Gasteiger partial charge in [0.25, 0.3) is 5.91 Å². The Morgan fingerprint density at radius 1 is 1.35 bits per heavy atom. The Balaban J connectivity index is 1.99. The van der Waals surface area contributed by atoms with Gasteiger partial charge in [-0.2, -0.15) is 0 Å². The third-order valence-corrected chi connectivity index (χ3v) is 4.21.